The third-order valence-corrected chi connectivity index (χ3v) is 3.99. The van der Waals surface area contributed by atoms with Gasteiger partial charge < -0.3 is 10.1 Å². The molecule has 0 amide bonds. The van der Waals surface area contributed by atoms with Crippen LogP contribution in [0.15, 0.2) is 0 Å². The quantitative estimate of drug-likeness (QED) is 0.653. The maximum atomic E-state index is 6.33. The maximum absolute atomic E-state index is 6.33. The molecule has 2 heteroatoms. The van der Waals surface area contributed by atoms with Gasteiger partial charge in [0.15, 0.2) is 0 Å². The minimum atomic E-state index is 0.415. The first-order valence-electron chi connectivity index (χ1n) is 7.67. The lowest BCUT2D eigenvalue weighted by Crippen LogP contribution is -2.36. The minimum absolute atomic E-state index is 0.415. The van der Waals surface area contributed by atoms with E-state index in [2.05, 4.69) is 26.1 Å². The summed E-state index contributed by atoms with van der Waals surface area (Å²) in [6, 6.07) is 0. The molecule has 0 aromatic carbocycles. The van der Waals surface area contributed by atoms with Crippen molar-refractivity contribution in [2.24, 2.45) is 5.92 Å². The summed E-state index contributed by atoms with van der Waals surface area (Å²) in [7, 11) is 0. The van der Waals surface area contributed by atoms with Gasteiger partial charge in [-0.05, 0) is 38.1 Å². The number of ether oxygens (including phenoxy) is 1. The maximum Gasteiger partial charge on any atom is 0.0700 e. The number of rotatable bonds is 8. The number of nitrogens with one attached hydrogen (secondary N) is 1. The summed E-state index contributed by atoms with van der Waals surface area (Å²) in [6.07, 6.45) is 9.98. The molecule has 3 unspecified atom stereocenters. The van der Waals surface area contributed by atoms with Crippen LogP contribution in [0.5, 0.6) is 0 Å². The van der Waals surface area contributed by atoms with Gasteiger partial charge >= 0.3 is 0 Å². The normalized spacial score (nSPS) is 27.0. The highest BCUT2D eigenvalue weighted by molar-refractivity contribution is 4.76. The lowest BCUT2D eigenvalue weighted by Gasteiger charge is -2.33. The van der Waals surface area contributed by atoms with E-state index >= 15 is 0 Å². The van der Waals surface area contributed by atoms with Crippen molar-refractivity contribution in [1.82, 2.24) is 5.32 Å². The predicted molar refractivity (Wildman–Crippen MR) is 74.4 cm³/mol. The average Bonchev–Trinajstić information content (AvgIpc) is 2.38. The molecular formula is C15H31NO. The molecule has 102 valence electrons. The molecule has 2 nitrogen and oxygen atoms in total. The van der Waals surface area contributed by atoms with Gasteiger partial charge in [-0.15, -0.1) is 0 Å². The molecule has 0 aliphatic heterocycles. The fourth-order valence-electron chi connectivity index (χ4n) is 2.80. The Balaban J connectivity index is 2.31. The van der Waals surface area contributed by atoms with Crippen molar-refractivity contribution >= 4 is 0 Å². The van der Waals surface area contributed by atoms with Crippen molar-refractivity contribution in [1.29, 1.82) is 0 Å². The summed E-state index contributed by atoms with van der Waals surface area (Å²) in [5, 5.41) is 3.48. The van der Waals surface area contributed by atoms with Crippen LogP contribution in [-0.2, 0) is 4.74 Å². The van der Waals surface area contributed by atoms with Gasteiger partial charge in [-0.3, -0.25) is 0 Å². The zero-order chi connectivity index (χ0) is 12.5. The lowest BCUT2D eigenvalue weighted by molar-refractivity contribution is -0.0607. The smallest absolute Gasteiger partial charge is 0.0700 e. The van der Waals surface area contributed by atoms with Crippen LogP contribution in [-0.4, -0.2) is 25.3 Å². The van der Waals surface area contributed by atoms with Crippen LogP contribution >= 0.6 is 0 Å². The first-order valence-corrected chi connectivity index (χ1v) is 7.67. The first-order chi connectivity index (χ1) is 8.31. The lowest BCUT2D eigenvalue weighted by atomic mass is 9.84. The van der Waals surface area contributed by atoms with Gasteiger partial charge in [0.2, 0.25) is 0 Å². The monoisotopic (exact) mass is 241 g/mol. The Labute approximate surface area is 108 Å². The fraction of sp³-hybridized carbons (Fsp3) is 1.00. The molecule has 0 aromatic heterocycles. The Hall–Kier alpha value is -0.0800. The molecule has 1 N–H and O–H groups in total. The third-order valence-electron chi connectivity index (χ3n) is 3.99. The van der Waals surface area contributed by atoms with Crippen LogP contribution in [0.1, 0.15) is 65.7 Å². The summed E-state index contributed by atoms with van der Waals surface area (Å²) in [5.74, 6) is 0.809. The fourth-order valence-corrected chi connectivity index (χ4v) is 2.80. The van der Waals surface area contributed by atoms with Crippen LogP contribution < -0.4 is 5.32 Å². The van der Waals surface area contributed by atoms with Gasteiger partial charge in [0.25, 0.3) is 0 Å². The van der Waals surface area contributed by atoms with E-state index in [9.17, 15) is 0 Å². The summed E-state index contributed by atoms with van der Waals surface area (Å²) in [6.45, 7) is 8.90. The van der Waals surface area contributed by atoms with Crippen molar-refractivity contribution in [2.75, 3.05) is 13.1 Å². The van der Waals surface area contributed by atoms with Crippen LogP contribution in [0.4, 0.5) is 0 Å². The van der Waals surface area contributed by atoms with Gasteiger partial charge in [-0.25, -0.2) is 0 Å². The summed E-state index contributed by atoms with van der Waals surface area (Å²) in [4.78, 5) is 0. The van der Waals surface area contributed by atoms with Crippen LogP contribution in [0.2, 0.25) is 0 Å². The molecule has 3 atom stereocenters. The highest BCUT2D eigenvalue weighted by Crippen LogP contribution is 2.30. The minimum Gasteiger partial charge on any atom is -0.373 e. The summed E-state index contributed by atoms with van der Waals surface area (Å²) < 4.78 is 6.33. The Morgan fingerprint density at radius 3 is 2.59 bits per heavy atom. The SMILES string of the molecule is CCCNCC(CC)OC1CCCCC1CC. The molecule has 1 rings (SSSR count). The molecule has 0 bridgehead atoms. The van der Waals surface area contributed by atoms with Gasteiger partial charge in [-0.2, -0.15) is 0 Å². The van der Waals surface area contributed by atoms with E-state index in [0.717, 1.165) is 25.4 Å². The van der Waals surface area contributed by atoms with Gasteiger partial charge in [0.1, 0.15) is 0 Å². The van der Waals surface area contributed by atoms with E-state index in [4.69, 9.17) is 4.74 Å². The Bertz CT molecular complexity index is 184. The molecule has 1 aliphatic carbocycles. The second-order valence-electron chi connectivity index (χ2n) is 5.36. The number of hydrogen-bond acceptors (Lipinski definition) is 2. The highest BCUT2D eigenvalue weighted by Gasteiger charge is 2.26. The van der Waals surface area contributed by atoms with Crippen molar-refractivity contribution < 1.29 is 4.74 Å². The Kier molecular flexibility index (Phi) is 7.87. The highest BCUT2D eigenvalue weighted by atomic mass is 16.5. The van der Waals surface area contributed by atoms with E-state index < -0.39 is 0 Å². The third kappa shape index (κ3) is 5.39. The van der Waals surface area contributed by atoms with E-state index in [1.807, 2.05) is 0 Å². The van der Waals surface area contributed by atoms with Crippen molar-refractivity contribution in [3.8, 4) is 0 Å². The topological polar surface area (TPSA) is 21.3 Å². The van der Waals surface area contributed by atoms with Crippen molar-refractivity contribution in [2.45, 2.75) is 77.9 Å². The Morgan fingerprint density at radius 2 is 1.94 bits per heavy atom. The number of hydrogen-bond donors (Lipinski definition) is 1. The predicted octanol–water partition coefficient (Wildman–Crippen LogP) is 3.75. The molecule has 0 spiro atoms. The van der Waals surface area contributed by atoms with Gasteiger partial charge in [-0.1, -0.05) is 40.0 Å². The average molecular weight is 241 g/mol. The largest absolute Gasteiger partial charge is 0.373 e. The first kappa shape index (κ1) is 15.0. The van der Waals surface area contributed by atoms with E-state index in [1.54, 1.807) is 0 Å². The van der Waals surface area contributed by atoms with Gasteiger partial charge in [0, 0.05) is 6.54 Å². The van der Waals surface area contributed by atoms with Crippen molar-refractivity contribution in [3.05, 3.63) is 0 Å². The van der Waals surface area contributed by atoms with Gasteiger partial charge in [0.05, 0.1) is 12.2 Å². The van der Waals surface area contributed by atoms with E-state index in [0.29, 0.717) is 12.2 Å². The standard InChI is InChI=1S/C15H31NO/c1-4-11-16-12-14(6-3)17-15-10-8-7-9-13(15)5-2/h13-16H,4-12H2,1-3H3. The molecule has 1 saturated carbocycles. The molecule has 0 radical (unpaired) electrons. The van der Waals surface area contributed by atoms with E-state index in [-0.39, 0.29) is 0 Å². The zero-order valence-corrected chi connectivity index (χ0v) is 12.0. The Morgan fingerprint density at radius 1 is 1.18 bits per heavy atom. The molecule has 0 aromatic rings. The molecular weight excluding hydrogens is 210 g/mol. The van der Waals surface area contributed by atoms with Crippen LogP contribution in [0.3, 0.4) is 0 Å². The van der Waals surface area contributed by atoms with E-state index in [1.165, 1.54) is 38.5 Å². The van der Waals surface area contributed by atoms with Crippen molar-refractivity contribution in [3.63, 3.8) is 0 Å². The molecule has 1 fully saturated rings. The summed E-state index contributed by atoms with van der Waals surface area (Å²) >= 11 is 0. The molecule has 1 aliphatic rings. The molecule has 0 saturated heterocycles. The second-order valence-corrected chi connectivity index (χ2v) is 5.36. The zero-order valence-electron chi connectivity index (χ0n) is 12.0. The van der Waals surface area contributed by atoms with Crippen LogP contribution in [0, 0.1) is 5.92 Å². The summed E-state index contributed by atoms with van der Waals surface area (Å²) in [5.41, 5.74) is 0. The molecule has 17 heavy (non-hydrogen) atoms. The molecule has 0 heterocycles. The van der Waals surface area contributed by atoms with Crippen LogP contribution in [0.25, 0.3) is 0 Å². The second kappa shape index (κ2) is 8.93.